The van der Waals surface area contributed by atoms with Gasteiger partial charge in [-0.05, 0) is 67.1 Å². The molecule has 1 aliphatic rings. The maximum absolute atomic E-state index is 12.7. The van der Waals surface area contributed by atoms with Gasteiger partial charge in [-0.1, -0.05) is 29.8 Å². The molecular formula is C25H26ClN7O3. The van der Waals surface area contributed by atoms with Gasteiger partial charge in [-0.25, -0.2) is 9.89 Å². The van der Waals surface area contributed by atoms with Crippen molar-refractivity contribution >= 4 is 28.9 Å². The zero-order valence-electron chi connectivity index (χ0n) is 20.2. The molecule has 1 unspecified atom stereocenters. The Morgan fingerprint density at radius 2 is 1.94 bits per heavy atom. The quantitative estimate of drug-likeness (QED) is 0.334. The first-order valence-corrected chi connectivity index (χ1v) is 12.1. The molecular weight excluding hydrogens is 482 g/mol. The predicted molar refractivity (Wildman–Crippen MR) is 136 cm³/mol. The van der Waals surface area contributed by atoms with E-state index in [1.165, 1.54) is 0 Å². The van der Waals surface area contributed by atoms with Crippen LogP contribution in [0.2, 0.25) is 5.02 Å². The topological polar surface area (TPSA) is 110 Å². The molecule has 0 aliphatic carbocycles. The molecule has 186 valence electrons. The van der Waals surface area contributed by atoms with Gasteiger partial charge in [0.2, 0.25) is 6.35 Å². The second-order valence-corrected chi connectivity index (χ2v) is 8.62. The molecule has 36 heavy (non-hydrogen) atoms. The summed E-state index contributed by atoms with van der Waals surface area (Å²) in [6, 6.07) is 15.5. The van der Waals surface area contributed by atoms with Crippen LogP contribution in [0.4, 0.5) is 11.4 Å². The summed E-state index contributed by atoms with van der Waals surface area (Å²) < 4.78 is 13.3. The number of anilines is 2. The third kappa shape index (κ3) is 4.29. The maximum atomic E-state index is 12.7. The van der Waals surface area contributed by atoms with Crippen LogP contribution in [0, 0.1) is 6.92 Å². The monoisotopic (exact) mass is 507 g/mol. The van der Waals surface area contributed by atoms with E-state index in [0.717, 1.165) is 34.0 Å². The number of fused-ring (bicyclic) bond motifs is 1. The van der Waals surface area contributed by atoms with Crippen LogP contribution in [0.5, 0.6) is 0 Å². The number of aromatic amines is 1. The highest BCUT2D eigenvalue weighted by atomic mass is 35.5. The summed E-state index contributed by atoms with van der Waals surface area (Å²) >= 11 is 6.43. The Labute approximate surface area is 213 Å². The van der Waals surface area contributed by atoms with Gasteiger partial charge in [-0.3, -0.25) is 0 Å². The van der Waals surface area contributed by atoms with Crippen LogP contribution < -0.4 is 10.2 Å². The third-order valence-electron chi connectivity index (χ3n) is 6.03. The second-order valence-electron chi connectivity index (χ2n) is 8.22. The number of nitrogens with zero attached hydrogens (tertiary/aromatic N) is 5. The van der Waals surface area contributed by atoms with Gasteiger partial charge in [0.15, 0.2) is 5.82 Å². The van der Waals surface area contributed by atoms with Crippen LogP contribution in [0.3, 0.4) is 0 Å². The van der Waals surface area contributed by atoms with Gasteiger partial charge in [-0.2, -0.15) is 0 Å². The number of tetrazole rings is 1. The number of nitrogens with one attached hydrogen (secondary N) is 2. The van der Waals surface area contributed by atoms with Crippen molar-refractivity contribution in [3.05, 3.63) is 70.4 Å². The maximum Gasteiger partial charge on any atom is 0.340 e. The highest BCUT2D eigenvalue weighted by Gasteiger charge is 2.33. The van der Waals surface area contributed by atoms with E-state index in [-0.39, 0.29) is 5.97 Å². The van der Waals surface area contributed by atoms with Gasteiger partial charge in [0, 0.05) is 24.5 Å². The molecule has 0 saturated carbocycles. The minimum absolute atomic E-state index is 0.307. The number of para-hydroxylation sites is 1. The molecule has 3 heterocycles. The van der Waals surface area contributed by atoms with Gasteiger partial charge in [0.1, 0.15) is 0 Å². The highest BCUT2D eigenvalue weighted by molar-refractivity contribution is 6.31. The van der Waals surface area contributed by atoms with Gasteiger partial charge < -0.3 is 24.3 Å². The highest BCUT2D eigenvalue weighted by Crippen LogP contribution is 2.39. The summed E-state index contributed by atoms with van der Waals surface area (Å²) in [7, 11) is 0. The van der Waals surface area contributed by atoms with E-state index in [2.05, 4.69) is 25.9 Å². The zero-order chi connectivity index (χ0) is 25.2. The van der Waals surface area contributed by atoms with Crippen LogP contribution in [0.25, 0.3) is 17.2 Å². The first kappa shape index (κ1) is 23.8. The molecule has 2 N–H and O–H groups in total. The first-order chi connectivity index (χ1) is 17.5. The standard InChI is InChI=1S/C25H26ClN7O3/c1-4-35-24(34)18-7-6-8-20-22(18)32(25(27-20)36-5-2)14-16-9-11-17(12-10-16)33-15(3)19(26)13-21(33)23-28-30-31-29-23/h6-13,25,27H,4-5,14H2,1-3H3,(H,28,29,30,31). The number of carbonyl (C=O) groups excluding carboxylic acids is 1. The third-order valence-corrected chi connectivity index (χ3v) is 6.41. The number of esters is 1. The summed E-state index contributed by atoms with van der Waals surface area (Å²) in [6.07, 6.45) is -0.406. The Morgan fingerprint density at radius 3 is 2.64 bits per heavy atom. The predicted octanol–water partition coefficient (Wildman–Crippen LogP) is 4.55. The smallest absolute Gasteiger partial charge is 0.340 e. The number of H-pyrrole nitrogens is 1. The molecule has 11 heteroatoms. The Morgan fingerprint density at radius 1 is 1.14 bits per heavy atom. The summed E-state index contributed by atoms with van der Waals surface area (Å²) in [6.45, 7) is 7.03. The van der Waals surface area contributed by atoms with Gasteiger partial charge in [0.05, 0.1) is 34.3 Å². The van der Waals surface area contributed by atoms with E-state index in [1.807, 2.05) is 65.8 Å². The van der Waals surface area contributed by atoms with E-state index in [4.69, 9.17) is 21.1 Å². The van der Waals surface area contributed by atoms with Crippen molar-refractivity contribution in [2.75, 3.05) is 23.4 Å². The average molecular weight is 508 g/mol. The number of aromatic nitrogens is 5. The Balaban J connectivity index is 1.47. The minimum atomic E-state index is -0.406. The molecule has 0 radical (unpaired) electrons. The van der Waals surface area contributed by atoms with Crippen LogP contribution in [-0.4, -0.2) is 50.7 Å². The molecule has 0 amide bonds. The lowest BCUT2D eigenvalue weighted by Crippen LogP contribution is -2.38. The van der Waals surface area contributed by atoms with E-state index < -0.39 is 6.35 Å². The van der Waals surface area contributed by atoms with Crippen molar-refractivity contribution in [2.24, 2.45) is 0 Å². The second kappa shape index (κ2) is 10.00. The van der Waals surface area contributed by atoms with Crippen LogP contribution in [-0.2, 0) is 16.0 Å². The molecule has 10 nitrogen and oxygen atoms in total. The van der Waals surface area contributed by atoms with E-state index in [1.54, 1.807) is 13.0 Å². The van der Waals surface area contributed by atoms with E-state index in [9.17, 15) is 4.79 Å². The fourth-order valence-electron chi connectivity index (χ4n) is 4.42. The molecule has 0 fully saturated rings. The Kier molecular flexibility index (Phi) is 6.62. The summed E-state index contributed by atoms with van der Waals surface area (Å²) in [5.41, 5.74) is 5.71. The van der Waals surface area contributed by atoms with Crippen molar-refractivity contribution in [1.82, 2.24) is 25.2 Å². The van der Waals surface area contributed by atoms with Gasteiger partial charge >= 0.3 is 5.97 Å². The molecule has 0 saturated heterocycles. The van der Waals surface area contributed by atoms with Crippen molar-refractivity contribution in [3.8, 4) is 17.2 Å². The van der Waals surface area contributed by atoms with Crippen molar-refractivity contribution in [1.29, 1.82) is 0 Å². The lowest BCUT2D eigenvalue weighted by molar-refractivity contribution is 0.0525. The number of hydrogen-bond donors (Lipinski definition) is 2. The van der Waals surface area contributed by atoms with Crippen LogP contribution >= 0.6 is 11.6 Å². The minimum Gasteiger partial charge on any atom is -0.462 e. The number of ether oxygens (including phenoxy) is 2. The average Bonchev–Trinajstić information content (AvgIpc) is 3.59. The number of hydrogen-bond acceptors (Lipinski definition) is 8. The number of rotatable bonds is 8. The fourth-order valence-corrected chi connectivity index (χ4v) is 4.61. The molecule has 5 rings (SSSR count). The van der Waals surface area contributed by atoms with Gasteiger partial charge in [-0.15, -0.1) is 5.10 Å². The van der Waals surface area contributed by atoms with E-state index >= 15 is 0 Å². The van der Waals surface area contributed by atoms with E-state index in [0.29, 0.717) is 36.2 Å². The molecule has 2 aromatic heterocycles. The lowest BCUT2D eigenvalue weighted by Gasteiger charge is -2.27. The van der Waals surface area contributed by atoms with Gasteiger partial charge in [0.25, 0.3) is 0 Å². The summed E-state index contributed by atoms with van der Waals surface area (Å²) in [4.78, 5) is 14.7. The number of benzene rings is 2. The lowest BCUT2D eigenvalue weighted by atomic mass is 10.1. The SMILES string of the molecule is CCOC(=O)c1cccc2c1N(Cc1ccc(-n3c(-c4nnn[nH]4)cc(Cl)c3C)cc1)C(OCC)N2. The Hall–Kier alpha value is -3.89. The molecule has 2 aromatic carbocycles. The Bertz CT molecular complexity index is 1370. The zero-order valence-corrected chi connectivity index (χ0v) is 20.9. The summed E-state index contributed by atoms with van der Waals surface area (Å²) in [5.74, 6) is 0.169. The number of halogens is 1. The molecule has 1 aliphatic heterocycles. The molecule has 4 aromatic rings. The van der Waals surface area contributed by atoms with Crippen molar-refractivity contribution in [2.45, 2.75) is 33.7 Å². The fraction of sp³-hybridized carbons (Fsp3) is 0.280. The molecule has 0 bridgehead atoms. The van der Waals surface area contributed by atoms with Crippen molar-refractivity contribution in [3.63, 3.8) is 0 Å². The first-order valence-electron chi connectivity index (χ1n) is 11.7. The van der Waals surface area contributed by atoms with Crippen LogP contribution in [0.1, 0.15) is 35.5 Å². The number of carbonyl (C=O) groups is 1. The molecule has 0 spiro atoms. The normalized spacial score (nSPS) is 14.6. The largest absolute Gasteiger partial charge is 0.462 e. The summed E-state index contributed by atoms with van der Waals surface area (Å²) in [5, 5.41) is 18.2. The van der Waals surface area contributed by atoms with Crippen molar-refractivity contribution < 1.29 is 14.3 Å². The molecule has 1 atom stereocenters. The van der Waals surface area contributed by atoms with Crippen LogP contribution in [0.15, 0.2) is 48.5 Å².